The topological polar surface area (TPSA) is 20.2 Å². The van der Waals surface area contributed by atoms with Crippen molar-refractivity contribution in [3.05, 3.63) is 68.2 Å². The first-order chi connectivity index (χ1) is 8.91. The van der Waals surface area contributed by atoms with E-state index in [1.54, 1.807) is 12.1 Å². The molecule has 1 nitrogen and oxygen atoms in total. The van der Waals surface area contributed by atoms with Gasteiger partial charge >= 0.3 is 0 Å². The van der Waals surface area contributed by atoms with Gasteiger partial charge in [-0.15, -0.1) is 0 Å². The summed E-state index contributed by atoms with van der Waals surface area (Å²) in [7, 11) is 0. The molecule has 1 atom stereocenters. The van der Waals surface area contributed by atoms with Crippen LogP contribution in [0, 0.1) is 18.6 Å². The number of benzene rings is 2. The molecule has 2 aromatic carbocycles. The molecule has 2 aromatic rings. The van der Waals surface area contributed by atoms with E-state index in [1.807, 2.05) is 13.0 Å². The molecule has 2 rings (SSSR count). The second-order valence-electron chi connectivity index (χ2n) is 4.17. The first kappa shape index (κ1) is 14.4. The van der Waals surface area contributed by atoms with Gasteiger partial charge in [0, 0.05) is 15.1 Å². The Hall–Kier alpha value is -0.970. The molecule has 100 valence electrons. The standard InChI is InChI=1S/C14H10BrClF2O/c1-7-3-2-4-8(13(7)15)14(19)9-5-11(17)12(18)6-10(9)16/h2-6,14,19H,1H3. The maximum atomic E-state index is 13.3. The van der Waals surface area contributed by atoms with Gasteiger partial charge in [-0.2, -0.15) is 0 Å². The fourth-order valence-electron chi connectivity index (χ4n) is 1.80. The molecule has 0 fully saturated rings. The van der Waals surface area contributed by atoms with E-state index >= 15 is 0 Å². The number of rotatable bonds is 2. The number of halogens is 4. The number of aliphatic hydroxyl groups excluding tert-OH is 1. The minimum absolute atomic E-state index is 0.0141. The van der Waals surface area contributed by atoms with Crippen molar-refractivity contribution < 1.29 is 13.9 Å². The van der Waals surface area contributed by atoms with Crippen LogP contribution in [0.4, 0.5) is 8.78 Å². The van der Waals surface area contributed by atoms with E-state index in [0.29, 0.717) is 10.0 Å². The average Bonchev–Trinajstić information content (AvgIpc) is 2.36. The van der Waals surface area contributed by atoms with Crippen molar-refractivity contribution in [3.8, 4) is 0 Å². The molecule has 0 aromatic heterocycles. The smallest absolute Gasteiger partial charge is 0.160 e. The average molecular weight is 348 g/mol. The van der Waals surface area contributed by atoms with Gasteiger partial charge in [0.1, 0.15) is 6.10 Å². The third kappa shape index (κ3) is 2.81. The van der Waals surface area contributed by atoms with Crippen molar-refractivity contribution >= 4 is 27.5 Å². The van der Waals surface area contributed by atoms with Gasteiger partial charge < -0.3 is 5.11 Å². The second-order valence-corrected chi connectivity index (χ2v) is 5.37. The van der Waals surface area contributed by atoms with Crippen molar-refractivity contribution in [2.24, 2.45) is 0 Å². The first-order valence-corrected chi connectivity index (χ1v) is 6.66. The van der Waals surface area contributed by atoms with Crippen molar-refractivity contribution in [2.45, 2.75) is 13.0 Å². The Morgan fingerprint density at radius 1 is 1.16 bits per heavy atom. The third-order valence-corrected chi connectivity index (χ3v) is 4.26. The van der Waals surface area contributed by atoms with E-state index in [4.69, 9.17) is 11.6 Å². The van der Waals surface area contributed by atoms with Gasteiger partial charge in [0.15, 0.2) is 11.6 Å². The lowest BCUT2D eigenvalue weighted by atomic mass is 10.00. The summed E-state index contributed by atoms with van der Waals surface area (Å²) >= 11 is 9.22. The predicted octanol–water partition coefficient (Wildman–Crippen LogP) is 4.77. The summed E-state index contributed by atoms with van der Waals surface area (Å²) < 4.78 is 27.0. The summed E-state index contributed by atoms with van der Waals surface area (Å²) in [6, 6.07) is 7.11. The van der Waals surface area contributed by atoms with Gasteiger partial charge in [-0.1, -0.05) is 45.7 Å². The molecule has 0 radical (unpaired) electrons. The van der Waals surface area contributed by atoms with Crippen LogP contribution in [0.2, 0.25) is 5.02 Å². The van der Waals surface area contributed by atoms with E-state index in [-0.39, 0.29) is 10.6 Å². The molecule has 5 heteroatoms. The minimum Gasteiger partial charge on any atom is -0.384 e. The molecule has 0 heterocycles. The van der Waals surface area contributed by atoms with Gasteiger partial charge in [0.2, 0.25) is 0 Å². The molecule has 1 N–H and O–H groups in total. The molecular weight excluding hydrogens is 338 g/mol. The Balaban J connectivity index is 2.53. The van der Waals surface area contributed by atoms with Crippen LogP contribution in [0.3, 0.4) is 0 Å². The summed E-state index contributed by atoms with van der Waals surface area (Å²) in [4.78, 5) is 0. The Morgan fingerprint density at radius 2 is 1.79 bits per heavy atom. The summed E-state index contributed by atoms with van der Waals surface area (Å²) in [5.41, 5.74) is 1.61. The highest BCUT2D eigenvalue weighted by Crippen LogP contribution is 2.34. The normalized spacial score (nSPS) is 12.5. The minimum atomic E-state index is -1.13. The van der Waals surface area contributed by atoms with Crippen molar-refractivity contribution in [2.75, 3.05) is 0 Å². The Kier molecular flexibility index (Phi) is 4.23. The molecule has 0 saturated heterocycles. The fraction of sp³-hybridized carbons (Fsp3) is 0.143. The largest absolute Gasteiger partial charge is 0.384 e. The van der Waals surface area contributed by atoms with Crippen molar-refractivity contribution in [3.63, 3.8) is 0 Å². The van der Waals surface area contributed by atoms with E-state index in [0.717, 1.165) is 17.7 Å². The molecule has 0 aliphatic rings. The highest BCUT2D eigenvalue weighted by atomic mass is 79.9. The molecular formula is C14H10BrClF2O. The van der Waals surface area contributed by atoms with E-state index in [1.165, 1.54) is 0 Å². The van der Waals surface area contributed by atoms with Gasteiger partial charge in [0.05, 0.1) is 0 Å². The monoisotopic (exact) mass is 346 g/mol. The highest BCUT2D eigenvalue weighted by Gasteiger charge is 2.19. The predicted molar refractivity (Wildman–Crippen MR) is 74.3 cm³/mol. The molecule has 0 bridgehead atoms. The lowest BCUT2D eigenvalue weighted by molar-refractivity contribution is 0.218. The Bertz CT molecular complexity index is 631. The van der Waals surface area contributed by atoms with Crippen LogP contribution < -0.4 is 0 Å². The third-order valence-electron chi connectivity index (χ3n) is 2.85. The van der Waals surface area contributed by atoms with E-state index < -0.39 is 17.7 Å². The maximum Gasteiger partial charge on any atom is 0.160 e. The zero-order valence-corrected chi connectivity index (χ0v) is 12.3. The van der Waals surface area contributed by atoms with Crippen LogP contribution in [-0.2, 0) is 0 Å². The van der Waals surface area contributed by atoms with Crippen LogP contribution in [0.5, 0.6) is 0 Å². The quantitative estimate of drug-likeness (QED) is 0.776. The van der Waals surface area contributed by atoms with Gasteiger partial charge in [-0.05, 0) is 30.2 Å². The zero-order valence-electron chi connectivity index (χ0n) is 9.92. The molecule has 1 unspecified atom stereocenters. The summed E-state index contributed by atoms with van der Waals surface area (Å²) in [6.45, 7) is 1.87. The van der Waals surface area contributed by atoms with Crippen molar-refractivity contribution in [1.82, 2.24) is 0 Å². The number of hydrogen-bond acceptors (Lipinski definition) is 1. The van der Waals surface area contributed by atoms with E-state index in [2.05, 4.69) is 15.9 Å². The van der Waals surface area contributed by atoms with Crippen LogP contribution in [0.15, 0.2) is 34.8 Å². The molecule has 19 heavy (non-hydrogen) atoms. The molecule has 0 spiro atoms. The van der Waals surface area contributed by atoms with Gasteiger partial charge in [0.25, 0.3) is 0 Å². The molecule has 0 saturated carbocycles. The SMILES string of the molecule is Cc1cccc(C(O)c2cc(F)c(F)cc2Cl)c1Br. The zero-order chi connectivity index (χ0) is 14.2. The van der Waals surface area contributed by atoms with Crippen LogP contribution >= 0.6 is 27.5 Å². The van der Waals surface area contributed by atoms with E-state index in [9.17, 15) is 13.9 Å². The molecule has 0 aliphatic heterocycles. The molecule has 0 aliphatic carbocycles. The number of hydrogen-bond donors (Lipinski definition) is 1. The van der Waals surface area contributed by atoms with Gasteiger partial charge in [-0.3, -0.25) is 0 Å². The Labute approximate surface area is 123 Å². The fourth-order valence-corrected chi connectivity index (χ4v) is 2.53. The maximum absolute atomic E-state index is 13.3. The number of aryl methyl sites for hydroxylation is 1. The first-order valence-electron chi connectivity index (χ1n) is 5.49. The highest BCUT2D eigenvalue weighted by molar-refractivity contribution is 9.10. The number of aliphatic hydroxyl groups is 1. The van der Waals surface area contributed by atoms with Crippen LogP contribution in [-0.4, -0.2) is 5.11 Å². The molecule has 0 amide bonds. The van der Waals surface area contributed by atoms with Crippen LogP contribution in [0.1, 0.15) is 22.8 Å². The Morgan fingerprint density at radius 3 is 2.47 bits per heavy atom. The summed E-state index contributed by atoms with van der Waals surface area (Å²) in [5, 5.41) is 10.3. The lowest BCUT2D eigenvalue weighted by Gasteiger charge is -2.16. The van der Waals surface area contributed by atoms with Crippen LogP contribution in [0.25, 0.3) is 0 Å². The van der Waals surface area contributed by atoms with Gasteiger partial charge in [-0.25, -0.2) is 8.78 Å². The second kappa shape index (κ2) is 5.57. The summed E-state index contributed by atoms with van der Waals surface area (Å²) in [6.07, 6.45) is -1.13. The summed E-state index contributed by atoms with van der Waals surface area (Å²) in [5.74, 6) is -2.08. The van der Waals surface area contributed by atoms with Crippen molar-refractivity contribution in [1.29, 1.82) is 0 Å². The lowest BCUT2D eigenvalue weighted by Crippen LogP contribution is -2.04.